The van der Waals surface area contributed by atoms with Crippen LogP contribution in [0.15, 0.2) is 77.3 Å². The van der Waals surface area contributed by atoms with E-state index in [9.17, 15) is 9.59 Å². The predicted octanol–water partition coefficient (Wildman–Crippen LogP) is 6.20. The molecule has 0 aliphatic rings. The Bertz CT molecular complexity index is 1170. The lowest BCUT2D eigenvalue weighted by molar-refractivity contribution is -0.142. The molecule has 190 valence electrons. The number of halogens is 2. The summed E-state index contributed by atoms with van der Waals surface area (Å²) < 4.78 is 6.50. The van der Waals surface area contributed by atoms with Crippen molar-refractivity contribution < 1.29 is 14.3 Å². The number of hydrogen-bond donors (Lipinski definition) is 1. The van der Waals surface area contributed by atoms with Gasteiger partial charge in [0.05, 0.1) is 4.47 Å². The average molecular weight is 572 g/mol. The maximum atomic E-state index is 13.6. The molecular formula is C29H32BrClN2O3. The van der Waals surface area contributed by atoms with Gasteiger partial charge in [-0.3, -0.25) is 9.59 Å². The van der Waals surface area contributed by atoms with Crippen molar-refractivity contribution in [1.29, 1.82) is 0 Å². The summed E-state index contributed by atoms with van der Waals surface area (Å²) in [5.74, 6) is 0.338. The monoisotopic (exact) mass is 570 g/mol. The summed E-state index contributed by atoms with van der Waals surface area (Å²) >= 11 is 9.46. The summed E-state index contributed by atoms with van der Waals surface area (Å²) in [7, 11) is 0. The quantitative estimate of drug-likeness (QED) is 0.298. The molecule has 3 aromatic rings. The summed E-state index contributed by atoms with van der Waals surface area (Å²) in [6.07, 6.45) is 0.396. The second-order valence-corrected chi connectivity index (χ2v) is 10.5. The van der Waals surface area contributed by atoms with Crippen molar-refractivity contribution in [3.63, 3.8) is 0 Å². The molecule has 3 aromatic carbocycles. The van der Waals surface area contributed by atoms with E-state index in [1.165, 1.54) is 0 Å². The highest BCUT2D eigenvalue weighted by Gasteiger charge is 2.31. The topological polar surface area (TPSA) is 58.6 Å². The average Bonchev–Trinajstić information content (AvgIpc) is 2.84. The molecule has 0 saturated heterocycles. The van der Waals surface area contributed by atoms with Gasteiger partial charge in [-0.05, 0) is 58.1 Å². The molecule has 0 heterocycles. The van der Waals surface area contributed by atoms with Gasteiger partial charge in [-0.1, -0.05) is 85.6 Å². The molecule has 0 radical (unpaired) electrons. The fourth-order valence-electron chi connectivity index (χ4n) is 3.80. The molecule has 0 aliphatic heterocycles. The lowest BCUT2D eigenvalue weighted by Gasteiger charge is -2.32. The summed E-state index contributed by atoms with van der Waals surface area (Å²) in [6.45, 7) is 6.70. The molecule has 1 atom stereocenters. The van der Waals surface area contributed by atoms with E-state index in [-0.39, 0.29) is 30.9 Å². The number of carbonyl (C=O) groups is 2. The van der Waals surface area contributed by atoms with Crippen LogP contribution in [0, 0.1) is 12.8 Å². The maximum Gasteiger partial charge on any atom is 0.261 e. The zero-order chi connectivity index (χ0) is 26.1. The van der Waals surface area contributed by atoms with Crippen LogP contribution in [0.3, 0.4) is 0 Å². The van der Waals surface area contributed by atoms with E-state index in [0.29, 0.717) is 28.2 Å². The van der Waals surface area contributed by atoms with Gasteiger partial charge in [0.25, 0.3) is 5.91 Å². The smallest absolute Gasteiger partial charge is 0.261 e. The SMILES string of the molecule is Cc1cccc(CN(C(=O)COc2ccc(Cl)cc2Br)C(Cc2ccccc2)C(=O)NCC(C)C)c1. The molecular weight excluding hydrogens is 540 g/mol. The van der Waals surface area contributed by atoms with Gasteiger partial charge in [-0.25, -0.2) is 0 Å². The van der Waals surface area contributed by atoms with Crippen molar-refractivity contribution in [3.8, 4) is 5.75 Å². The minimum absolute atomic E-state index is 0.179. The lowest BCUT2D eigenvalue weighted by Crippen LogP contribution is -2.52. The van der Waals surface area contributed by atoms with Crippen molar-refractivity contribution in [2.24, 2.45) is 5.92 Å². The molecule has 5 nitrogen and oxygen atoms in total. The zero-order valence-electron chi connectivity index (χ0n) is 20.8. The number of nitrogens with zero attached hydrogens (tertiary/aromatic N) is 1. The minimum atomic E-state index is -0.698. The first-order chi connectivity index (χ1) is 17.2. The fourth-order valence-corrected chi connectivity index (χ4v) is 4.60. The van der Waals surface area contributed by atoms with Crippen LogP contribution in [0.25, 0.3) is 0 Å². The van der Waals surface area contributed by atoms with Gasteiger partial charge in [-0.2, -0.15) is 0 Å². The Balaban J connectivity index is 1.91. The molecule has 3 rings (SSSR count). The van der Waals surface area contributed by atoms with Crippen molar-refractivity contribution in [2.75, 3.05) is 13.2 Å². The standard InChI is InChI=1S/C29H32BrClN2O3/c1-20(2)17-32-29(35)26(15-22-9-5-4-6-10-22)33(18-23-11-7-8-21(3)14-23)28(34)19-36-27-13-12-24(31)16-25(27)30/h4-14,16,20,26H,15,17-19H2,1-3H3,(H,32,35). The van der Waals surface area contributed by atoms with E-state index in [4.69, 9.17) is 16.3 Å². The molecule has 0 aromatic heterocycles. The van der Waals surface area contributed by atoms with Crippen molar-refractivity contribution in [1.82, 2.24) is 10.2 Å². The number of carbonyl (C=O) groups excluding carboxylic acids is 2. The Kier molecular flexibility index (Phi) is 10.4. The second-order valence-electron chi connectivity index (χ2n) is 9.22. The first-order valence-corrected chi connectivity index (χ1v) is 13.1. The predicted molar refractivity (Wildman–Crippen MR) is 148 cm³/mol. The van der Waals surface area contributed by atoms with Crippen LogP contribution in [-0.2, 0) is 22.6 Å². The highest BCUT2D eigenvalue weighted by Crippen LogP contribution is 2.28. The van der Waals surface area contributed by atoms with E-state index in [1.54, 1.807) is 23.1 Å². The Hall–Kier alpha value is -2.83. The first-order valence-electron chi connectivity index (χ1n) is 12.0. The number of aryl methyl sites for hydroxylation is 1. The van der Waals surface area contributed by atoms with Crippen molar-refractivity contribution in [2.45, 2.75) is 39.8 Å². The van der Waals surface area contributed by atoms with Crippen LogP contribution in [-0.4, -0.2) is 35.9 Å². The molecule has 1 N–H and O–H groups in total. The van der Waals surface area contributed by atoms with E-state index < -0.39 is 6.04 Å². The molecule has 7 heteroatoms. The summed E-state index contributed by atoms with van der Waals surface area (Å²) in [6, 6.07) is 22.1. The normalized spacial score (nSPS) is 11.7. The molecule has 36 heavy (non-hydrogen) atoms. The van der Waals surface area contributed by atoms with E-state index in [1.807, 2.05) is 75.4 Å². The van der Waals surface area contributed by atoms with Gasteiger partial charge in [0, 0.05) is 24.5 Å². The number of nitrogens with one attached hydrogen (secondary N) is 1. The van der Waals surface area contributed by atoms with E-state index >= 15 is 0 Å². The zero-order valence-corrected chi connectivity index (χ0v) is 23.2. The Morgan fingerprint density at radius 3 is 2.39 bits per heavy atom. The maximum absolute atomic E-state index is 13.6. The number of benzene rings is 3. The minimum Gasteiger partial charge on any atom is -0.483 e. The third-order valence-electron chi connectivity index (χ3n) is 5.64. The summed E-state index contributed by atoms with van der Waals surface area (Å²) in [5, 5.41) is 3.59. The number of rotatable bonds is 11. The molecule has 0 saturated carbocycles. The van der Waals surface area contributed by atoms with Gasteiger partial charge in [0.1, 0.15) is 11.8 Å². The third kappa shape index (κ3) is 8.38. The van der Waals surface area contributed by atoms with Crippen LogP contribution < -0.4 is 10.1 Å². The van der Waals surface area contributed by atoms with Gasteiger partial charge in [0.15, 0.2) is 6.61 Å². The molecule has 1 unspecified atom stereocenters. The van der Waals surface area contributed by atoms with Crippen LogP contribution in [0.1, 0.15) is 30.5 Å². The van der Waals surface area contributed by atoms with Gasteiger partial charge < -0.3 is 15.0 Å². The molecule has 0 spiro atoms. The Morgan fingerprint density at radius 1 is 1.00 bits per heavy atom. The number of ether oxygens (including phenoxy) is 1. The fraction of sp³-hybridized carbons (Fsp3) is 0.310. The molecule has 0 aliphatic carbocycles. The Labute approximate surface area is 226 Å². The van der Waals surface area contributed by atoms with Crippen LogP contribution >= 0.6 is 27.5 Å². The van der Waals surface area contributed by atoms with Gasteiger partial charge >= 0.3 is 0 Å². The largest absolute Gasteiger partial charge is 0.483 e. The van der Waals surface area contributed by atoms with E-state index in [0.717, 1.165) is 16.7 Å². The van der Waals surface area contributed by atoms with Crippen molar-refractivity contribution in [3.05, 3.63) is 99.0 Å². The highest BCUT2D eigenvalue weighted by atomic mass is 79.9. The second kappa shape index (κ2) is 13.5. The summed E-state index contributed by atoms with van der Waals surface area (Å²) in [5.41, 5.74) is 3.02. The van der Waals surface area contributed by atoms with Crippen LogP contribution in [0.2, 0.25) is 5.02 Å². The molecule has 2 amide bonds. The number of amides is 2. The van der Waals surface area contributed by atoms with Gasteiger partial charge in [0.2, 0.25) is 5.91 Å². The lowest BCUT2D eigenvalue weighted by atomic mass is 10.0. The number of hydrogen-bond acceptors (Lipinski definition) is 3. The highest BCUT2D eigenvalue weighted by molar-refractivity contribution is 9.10. The first kappa shape index (κ1) is 27.8. The molecule has 0 fully saturated rings. The summed E-state index contributed by atoms with van der Waals surface area (Å²) in [4.78, 5) is 28.7. The third-order valence-corrected chi connectivity index (χ3v) is 6.49. The molecule has 0 bridgehead atoms. The van der Waals surface area contributed by atoms with Crippen molar-refractivity contribution >= 4 is 39.3 Å². The Morgan fingerprint density at radius 2 is 1.72 bits per heavy atom. The van der Waals surface area contributed by atoms with Gasteiger partial charge in [-0.15, -0.1) is 0 Å². The van der Waals surface area contributed by atoms with E-state index in [2.05, 4.69) is 21.2 Å². The van der Waals surface area contributed by atoms with Crippen LogP contribution in [0.4, 0.5) is 0 Å². The van der Waals surface area contributed by atoms with Crippen LogP contribution in [0.5, 0.6) is 5.75 Å².